The largest absolute Gasteiger partial charge is 0.384 e. The molecule has 3 N–H and O–H groups in total. The highest BCUT2D eigenvalue weighted by Crippen LogP contribution is 2.17. The summed E-state index contributed by atoms with van der Waals surface area (Å²) in [6.07, 6.45) is 2.00. The van der Waals surface area contributed by atoms with Gasteiger partial charge in [-0.25, -0.2) is 0 Å². The van der Waals surface area contributed by atoms with E-state index < -0.39 is 0 Å². The van der Waals surface area contributed by atoms with Crippen LogP contribution < -0.4 is 11.1 Å². The van der Waals surface area contributed by atoms with Crippen LogP contribution in [-0.2, 0) is 9.63 Å². The maximum atomic E-state index is 11.7. The van der Waals surface area contributed by atoms with Crippen molar-refractivity contribution in [3.8, 4) is 0 Å². The second-order valence-electron chi connectivity index (χ2n) is 4.39. The molecule has 114 valence electrons. The second kappa shape index (κ2) is 8.09. The van der Waals surface area contributed by atoms with Crippen molar-refractivity contribution in [1.82, 2.24) is 0 Å². The van der Waals surface area contributed by atoms with Crippen molar-refractivity contribution in [2.24, 2.45) is 10.9 Å². The van der Waals surface area contributed by atoms with Crippen LogP contribution in [0.2, 0.25) is 0 Å². The van der Waals surface area contributed by atoms with Crippen LogP contribution >= 0.6 is 11.8 Å². The van der Waals surface area contributed by atoms with E-state index in [9.17, 15) is 4.79 Å². The number of carbonyl (C=O) groups is 1. The number of nitrogens with two attached hydrogens (primary N) is 1. The van der Waals surface area contributed by atoms with E-state index >= 15 is 0 Å². The summed E-state index contributed by atoms with van der Waals surface area (Å²) < 4.78 is 0. The SMILES string of the molecule is CSc1ccc(NC(=O)CO/N=C(\N)c2ccccc2)cc1. The zero-order chi connectivity index (χ0) is 15.8. The third kappa shape index (κ3) is 4.82. The summed E-state index contributed by atoms with van der Waals surface area (Å²) in [5.41, 5.74) is 7.22. The molecule has 2 rings (SSSR count). The number of benzene rings is 2. The number of amidine groups is 1. The van der Waals surface area contributed by atoms with Crippen molar-refractivity contribution < 1.29 is 9.63 Å². The number of nitrogens with zero attached hydrogens (tertiary/aromatic N) is 1. The Morgan fingerprint density at radius 1 is 1.18 bits per heavy atom. The van der Waals surface area contributed by atoms with Gasteiger partial charge in [-0.2, -0.15) is 0 Å². The van der Waals surface area contributed by atoms with Gasteiger partial charge in [-0.05, 0) is 30.5 Å². The fourth-order valence-corrected chi connectivity index (χ4v) is 2.10. The topological polar surface area (TPSA) is 76.7 Å². The summed E-state index contributed by atoms with van der Waals surface area (Å²) in [5.74, 6) is -0.0563. The van der Waals surface area contributed by atoms with Crippen LogP contribution in [0.3, 0.4) is 0 Å². The standard InChI is InChI=1S/C16H17N3O2S/c1-22-14-9-7-13(8-10-14)18-15(20)11-21-19-16(17)12-5-3-2-4-6-12/h2-10H,11H2,1H3,(H2,17,19)(H,18,20). The molecule has 0 atom stereocenters. The number of hydrogen-bond donors (Lipinski definition) is 2. The number of rotatable bonds is 6. The molecule has 22 heavy (non-hydrogen) atoms. The minimum Gasteiger partial charge on any atom is -0.384 e. The lowest BCUT2D eigenvalue weighted by Crippen LogP contribution is -2.19. The minimum atomic E-state index is -0.290. The van der Waals surface area contributed by atoms with E-state index in [1.165, 1.54) is 0 Å². The molecule has 0 bridgehead atoms. The molecular formula is C16H17N3O2S. The van der Waals surface area contributed by atoms with Gasteiger partial charge in [0.15, 0.2) is 12.4 Å². The highest BCUT2D eigenvalue weighted by atomic mass is 32.2. The molecule has 0 saturated carbocycles. The lowest BCUT2D eigenvalue weighted by molar-refractivity contribution is -0.120. The maximum absolute atomic E-state index is 11.7. The number of anilines is 1. The summed E-state index contributed by atoms with van der Waals surface area (Å²) in [6.45, 7) is -0.197. The molecule has 0 fully saturated rings. The molecule has 5 nitrogen and oxygen atoms in total. The van der Waals surface area contributed by atoms with Crippen molar-refractivity contribution in [2.45, 2.75) is 4.90 Å². The first kappa shape index (κ1) is 15.9. The Labute approximate surface area is 133 Å². The smallest absolute Gasteiger partial charge is 0.265 e. The van der Waals surface area contributed by atoms with Crippen molar-refractivity contribution in [2.75, 3.05) is 18.2 Å². The predicted molar refractivity (Wildman–Crippen MR) is 90.0 cm³/mol. The monoisotopic (exact) mass is 315 g/mol. The Balaban J connectivity index is 1.82. The van der Waals surface area contributed by atoms with Gasteiger partial charge in [0, 0.05) is 16.1 Å². The fraction of sp³-hybridized carbons (Fsp3) is 0.125. The van der Waals surface area contributed by atoms with Crippen LogP contribution in [0.1, 0.15) is 5.56 Å². The molecule has 0 aliphatic rings. The van der Waals surface area contributed by atoms with Crippen molar-refractivity contribution >= 4 is 29.2 Å². The fourth-order valence-electron chi connectivity index (χ4n) is 1.69. The molecule has 0 unspecified atom stereocenters. The second-order valence-corrected chi connectivity index (χ2v) is 5.27. The Morgan fingerprint density at radius 2 is 1.86 bits per heavy atom. The first-order valence-electron chi connectivity index (χ1n) is 6.64. The zero-order valence-electron chi connectivity index (χ0n) is 12.2. The first-order chi connectivity index (χ1) is 10.7. The number of thioether (sulfide) groups is 1. The lowest BCUT2D eigenvalue weighted by atomic mass is 10.2. The van der Waals surface area contributed by atoms with Gasteiger partial charge in [-0.15, -0.1) is 11.8 Å². The van der Waals surface area contributed by atoms with E-state index in [2.05, 4.69) is 10.5 Å². The highest BCUT2D eigenvalue weighted by molar-refractivity contribution is 7.98. The maximum Gasteiger partial charge on any atom is 0.265 e. The van der Waals surface area contributed by atoms with Gasteiger partial charge in [0.2, 0.25) is 0 Å². The predicted octanol–water partition coefficient (Wildman–Crippen LogP) is 2.68. The van der Waals surface area contributed by atoms with Crippen LogP contribution in [0.5, 0.6) is 0 Å². The number of amides is 1. The molecule has 2 aromatic carbocycles. The summed E-state index contributed by atoms with van der Waals surface area (Å²) >= 11 is 1.64. The van der Waals surface area contributed by atoms with Crippen LogP contribution in [-0.4, -0.2) is 24.6 Å². The third-order valence-electron chi connectivity index (χ3n) is 2.80. The molecule has 6 heteroatoms. The lowest BCUT2D eigenvalue weighted by Gasteiger charge is -2.05. The molecule has 0 aromatic heterocycles. The molecule has 0 saturated heterocycles. The summed E-state index contributed by atoms with van der Waals surface area (Å²) in [6, 6.07) is 16.8. The minimum absolute atomic E-state index is 0.197. The Morgan fingerprint density at radius 3 is 2.50 bits per heavy atom. The molecule has 0 aliphatic heterocycles. The normalized spacial score (nSPS) is 11.0. The molecule has 1 amide bonds. The summed E-state index contributed by atoms with van der Waals surface area (Å²) in [5, 5.41) is 6.46. The Bertz CT molecular complexity index is 642. The molecule has 0 spiro atoms. The molecule has 0 aliphatic carbocycles. The third-order valence-corrected chi connectivity index (χ3v) is 3.55. The quantitative estimate of drug-likeness (QED) is 0.372. The van der Waals surface area contributed by atoms with Crippen molar-refractivity contribution in [1.29, 1.82) is 0 Å². The van der Waals surface area contributed by atoms with E-state index in [0.29, 0.717) is 5.69 Å². The number of hydrogen-bond acceptors (Lipinski definition) is 4. The number of oxime groups is 1. The van der Waals surface area contributed by atoms with Gasteiger partial charge in [-0.3, -0.25) is 4.79 Å². The van der Waals surface area contributed by atoms with Crippen molar-refractivity contribution in [3.63, 3.8) is 0 Å². The van der Waals surface area contributed by atoms with Gasteiger partial charge in [-0.1, -0.05) is 35.5 Å². The average Bonchev–Trinajstić information content (AvgIpc) is 2.56. The van der Waals surface area contributed by atoms with Gasteiger partial charge >= 0.3 is 0 Å². The number of nitrogens with one attached hydrogen (secondary N) is 1. The van der Waals surface area contributed by atoms with E-state index in [-0.39, 0.29) is 18.3 Å². The summed E-state index contributed by atoms with van der Waals surface area (Å²) in [7, 11) is 0. The molecule has 2 aromatic rings. The van der Waals surface area contributed by atoms with E-state index in [1.807, 2.05) is 60.9 Å². The Kier molecular flexibility index (Phi) is 5.85. The number of carbonyl (C=O) groups excluding carboxylic acids is 1. The Hall–Kier alpha value is -2.47. The zero-order valence-corrected chi connectivity index (χ0v) is 13.0. The summed E-state index contributed by atoms with van der Waals surface area (Å²) in [4.78, 5) is 17.8. The highest BCUT2D eigenvalue weighted by Gasteiger charge is 2.04. The molecule has 0 radical (unpaired) electrons. The van der Waals surface area contributed by atoms with E-state index in [1.54, 1.807) is 11.8 Å². The van der Waals surface area contributed by atoms with Crippen molar-refractivity contribution in [3.05, 3.63) is 60.2 Å². The van der Waals surface area contributed by atoms with Crippen LogP contribution in [0, 0.1) is 0 Å². The van der Waals surface area contributed by atoms with Gasteiger partial charge in [0.05, 0.1) is 0 Å². The van der Waals surface area contributed by atoms with Gasteiger partial charge in [0.25, 0.3) is 5.91 Å². The van der Waals surface area contributed by atoms with Crippen LogP contribution in [0.15, 0.2) is 64.6 Å². The van der Waals surface area contributed by atoms with E-state index in [0.717, 1.165) is 10.5 Å². The van der Waals surface area contributed by atoms with Crippen LogP contribution in [0.25, 0.3) is 0 Å². The van der Waals surface area contributed by atoms with E-state index in [4.69, 9.17) is 10.6 Å². The molecule has 0 heterocycles. The first-order valence-corrected chi connectivity index (χ1v) is 7.86. The average molecular weight is 315 g/mol. The van der Waals surface area contributed by atoms with Crippen LogP contribution in [0.4, 0.5) is 5.69 Å². The van der Waals surface area contributed by atoms with Gasteiger partial charge < -0.3 is 15.9 Å². The van der Waals surface area contributed by atoms with Gasteiger partial charge in [0.1, 0.15) is 0 Å². The molecular weight excluding hydrogens is 298 g/mol.